The SMILES string of the molecule is COc1cccc(OC)c1C(=O)N1CCC[C@@H]1c1cccs1. The summed E-state index contributed by atoms with van der Waals surface area (Å²) in [4.78, 5) is 16.3. The van der Waals surface area contributed by atoms with Crippen LogP contribution in [-0.4, -0.2) is 31.6 Å². The van der Waals surface area contributed by atoms with Crippen molar-refractivity contribution in [3.05, 3.63) is 46.2 Å². The summed E-state index contributed by atoms with van der Waals surface area (Å²) in [5.74, 6) is 1.09. The maximum absolute atomic E-state index is 13.1. The maximum atomic E-state index is 13.1. The first-order chi connectivity index (χ1) is 10.8. The van der Waals surface area contributed by atoms with E-state index in [1.54, 1.807) is 37.7 Å². The minimum Gasteiger partial charge on any atom is -0.496 e. The third-order valence-corrected chi connectivity index (χ3v) is 5.00. The number of thiophene rings is 1. The van der Waals surface area contributed by atoms with Crippen molar-refractivity contribution in [2.45, 2.75) is 18.9 Å². The Labute approximate surface area is 134 Å². The van der Waals surface area contributed by atoms with Crippen LogP contribution in [0.5, 0.6) is 11.5 Å². The number of hydrogen-bond donors (Lipinski definition) is 0. The van der Waals surface area contributed by atoms with E-state index in [-0.39, 0.29) is 11.9 Å². The third-order valence-electron chi connectivity index (χ3n) is 4.03. The number of methoxy groups -OCH3 is 2. The van der Waals surface area contributed by atoms with Crippen LogP contribution in [0.3, 0.4) is 0 Å². The van der Waals surface area contributed by atoms with Gasteiger partial charge in [-0.15, -0.1) is 11.3 Å². The molecule has 2 aromatic rings. The fraction of sp³-hybridized carbons (Fsp3) is 0.353. The van der Waals surface area contributed by atoms with Gasteiger partial charge in [0.25, 0.3) is 5.91 Å². The van der Waals surface area contributed by atoms with E-state index in [0.29, 0.717) is 17.1 Å². The van der Waals surface area contributed by atoms with E-state index in [1.807, 2.05) is 17.0 Å². The fourth-order valence-corrected chi connectivity index (χ4v) is 3.87. The molecule has 0 saturated carbocycles. The second-order valence-electron chi connectivity index (χ2n) is 5.21. The lowest BCUT2D eigenvalue weighted by molar-refractivity contribution is 0.0731. The Bertz CT molecular complexity index is 632. The van der Waals surface area contributed by atoms with E-state index < -0.39 is 0 Å². The molecule has 1 saturated heterocycles. The lowest BCUT2D eigenvalue weighted by Crippen LogP contribution is -2.30. The van der Waals surface area contributed by atoms with Crippen molar-refractivity contribution < 1.29 is 14.3 Å². The predicted molar refractivity (Wildman–Crippen MR) is 86.9 cm³/mol. The molecule has 1 aliphatic rings. The second-order valence-corrected chi connectivity index (χ2v) is 6.19. The van der Waals surface area contributed by atoms with Gasteiger partial charge < -0.3 is 14.4 Å². The van der Waals surface area contributed by atoms with Crippen molar-refractivity contribution in [3.63, 3.8) is 0 Å². The number of hydrogen-bond acceptors (Lipinski definition) is 4. The quantitative estimate of drug-likeness (QED) is 0.862. The number of benzene rings is 1. The summed E-state index contributed by atoms with van der Waals surface area (Å²) in [6.07, 6.45) is 2.02. The van der Waals surface area contributed by atoms with E-state index >= 15 is 0 Å². The molecular formula is C17H19NO3S. The van der Waals surface area contributed by atoms with Gasteiger partial charge in [0, 0.05) is 11.4 Å². The number of ether oxygens (including phenoxy) is 2. The van der Waals surface area contributed by atoms with Gasteiger partial charge in [0.1, 0.15) is 17.1 Å². The summed E-state index contributed by atoms with van der Waals surface area (Å²) >= 11 is 1.70. The molecule has 0 bridgehead atoms. The zero-order valence-corrected chi connectivity index (χ0v) is 13.6. The summed E-state index contributed by atoms with van der Waals surface area (Å²) in [5.41, 5.74) is 0.510. The van der Waals surface area contributed by atoms with Gasteiger partial charge >= 0.3 is 0 Å². The highest BCUT2D eigenvalue weighted by atomic mass is 32.1. The van der Waals surface area contributed by atoms with Gasteiger partial charge in [-0.3, -0.25) is 4.79 Å². The molecule has 22 heavy (non-hydrogen) atoms. The van der Waals surface area contributed by atoms with E-state index in [0.717, 1.165) is 19.4 Å². The predicted octanol–water partition coefficient (Wildman–Crippen LogP) is 3.74. The van der Waals surface area contributed by atoms with Crippen LogP contribution in [0.2, 0.25) is 0 Å². The summed E-state index contributed by atoms with van der Waals surface area (Å²) < 4.78 is 10.7. The van der Waals surface area contributed by atoms with Gasteiger partial charge in [-0.2, -0.15) is 0 Å². The smallest absolute Gasteiger partial charge is 0.261 e. The number of rotatable bonds is 4. The highest BCUT2D eigenvalue weighted by molar-refractivity contribution is 7.10. The Hall–Kier alpha value is -2.01. The third kappa shape index (κ3) is 2.57. The Morgan fingerprint density at radius 1 is 1.18 bits per heavy atom. The van der Waals surface area contributed by atoms with Crippen LogP contribution in [0.1, 0.15) is 34.1 Å². The van der Waals surface area contributed by atoms with Crippen molar-refractivity contribution in [3.8, 4) is 11.5 Å². The van der Waals surface area contributed by atoms with Gasteiger partial charge in [0.15, 0.2) is 0 Å². The van der Waals surface area contributed by atoms with Crippen LogP contribution in [0.4, 0.5) is 0 Å². The first kappa shape index (κ1) is 14.9. The minimum atomic E-state index is -0.0230. The van der Waals surface area contributed by atoms with Crippen molar-refractivity contribution in [2.75, 3.05) is 20.8 Å². The fourth-order valence-electron chi connectivity index (χ4n) is 2.99. The van der Waals surface area contributed by atoms with E-state index in [4.69, 9.17) is 9.47 Å². The van der Waals surface area contributed by atoms with Crippen LogP contribution >= 0.6 is 11.3 Å². The largest absolute Gasteiger partial charge is 0.496 e. The average Bonchev–Trinajstić information content (AvgIpc) is 3.23. The molecule has 2 heterocycles. The Morgan fingerprint density at radius 2 is 1.91 bits per heavy atom. The van der Waals surface area contributed by atoms with E-state index in [1.165, 1.54) is 4.88 Å². The Morgan fingerprint density at radius 3 is 2.50 bits per heavy atom. The molecule has 4 nitrogen and oxygen atoms in total. The number of nitrogens with zero attached hydrogens (tertiary/aromatic N) is 1. The Kier molecular flexibility index (Phi) is 4.34. The van der Waals surface area contributed by atoms with Gasteiger partial charge in [-0.1, -0.05) is 12.1 Å². The van der Waals surface area contributed by atoms with Crippen LogP contribution in [-0.2, 0) is 0 Å². The molecule has 1 aliphatic heterocycles. The molecule has 5 heteroatoms. The molecule has 1 atom stereocenters. The summed E-state index contributed by atoms with van der Waals surface area (Å²) in [7, 11) is 3.15. The molecule has 1 aromatic heterocycles. The number of amides is 1. The zero-order chi connectivity index (χ0) is 15.5. The molecular weight excluding hydrogens is 298 g/mol. The lowest BCUT2D eigenvalue weighted by atomic mass is 10.1. The summed E-state index contributed by atoms with van der Waals surface area (Å²) in [6, 6.07) is 9.71. The molecule has 0 radical (unpaired) electrons. The molecule has 3 rings (SSSR count). The van der Waals surface area contributed by atoms with Crippen molar-refractivity contribution in [2.24, 2.45) is 0 Å². The summed E-state index contributed by atoms with van der Waals surface area (Å²) in [6.45, 7) is 0.766. The molecule has 116 valence electrons. The van der Waals surface area contributed by atoms with Crippen LogP contribution in [0.15, 0.2) is 35.7 Å². The monoisotopic (exact) mass is 317 g/mol. The topological polar surface area (TPSA) is 38.8 Å². The van der Waals surface area contributed by atoms with Gasteiger partial charge in [-0.05, 0) is 36.4 Å². The number of carbonyl (C=O) groups is 1. The molecule has 0 N–H and O–H groups in total. The molecule has 1 amide bonds. The van der Waals surface area contributed by atoms with E-state index in [9.17, 15) is 4.79 Å². The number of carbonyl (C=O) groups excluding carboxylic acids is 1. The maximum Gasteiger partial charge on any atom is 0.261 e. The van der Waals surface area contributed by atoms with Crippen LogP contribution in [0, 0.1) is 0 Å². The normalized spacial score (nSPS) is 17.5. The summed E-state index contributed by atoms with van der Waals surface area (Å²) in [5, 5.41) is 2.06. The molecule has 0 unspecified atom stereocenters. The first-order valence-corrected chi connectivity index (χ1v) is 8.19. The average molecular weight is 317 g/mol. The molecule has 1 aromatic carbocycles. The highest BCUT2D eigenvalue weighted by Gasteiger charge is 2.33. The first-order valence-electron chi connectivity index (χ1n) is 7.31. The van der Waals surface area contributed by atoms with Gasteiger partial charge in [-0.25, -0.2) is 0 Å². The van der Waals surface area contributed by atoms with Gasteiger partial charge in [0.2, 0.25) is 0 Å². The van der Waals surface area contributed by atoms with Crippen LogP contribution < -0.4 is 9.47 Å². The van der Waals surface area contributed by atoms with Gasteiger partial charge in [0.05, 0.1) is 20.3 Å². The number of likely N-dealkylation sites (tertiary alicyclic amines) is 1. The standard InChI is InChI=1S/C17H19NO3S/c1-20-13-7-3-8-14(21-2)16(13)17(19)18-10-4-6-12(18)15-9-5-11-22-15/h3,5,7-9,11-12H,4,6,10H2,1-2H3/t12-/m1/s1. The second kappa shape index (κ2) is 6.40. The van der Waals surface area contributed by atoms with E-state index in [2.05, 4.69) is 11.4 Å². The van der Waals surface area contributed by atoms with Crippen molar-refractivity contribution in [1.29, 1.82) is 0 Å². The Balaban J connectivity index is 1.97. The van der Waals surface area contributed by atoms with Crippen molar-refractivity contribution >= 4 is 17.2 Å². The molecule has 1 fully saturated rings. The zero-order valence-electron chi connectivity index (χ0n) is 12.7. The molecule has 0 spiro atoms. The lowest BCUT2D eigenvalue weighted by Gasteiger charge is -2.25. The minimum absolute atomic E-state index is 0.0230. The molecule has 0 aliphatic carbocycles. The van der Waals surface area contributed by atoms with Crippen molar-refractivity contribution in [1.82, 2.24) is 4.90 Å². The van der Waals surface area contributed by atoms with Crippen LogP contribution in [0.25, 0.3) is 0 Å². The highest BCUT2D eigenvalue weighted by Crippen LogP contribution is 2.38.